The monoisotopic (exact) mass is 212 g/mol. The number of hydrogen-bond acceptors (Lipinski definition) is 5. The average molecular weight is 212 g/mol. The lowest BCUT2D eigenvalue weighted by atomic mass is 10.2. The number of nitrogens with one attached hydrogen (secondary N) is 1. The van der Waals surface area contributed by atoms with Gasteiger partial charge in [-0.1, -0.05) is 0 Å². The molecule has 0 radical (unpaired) electrons. The molecule has 0 aliphatic heterocycles. The highest BCUT2D eigenvalue weighted by Crippen LogP contribution is 2.16. The normalized spacial score (nSPS) is 12.3. The van der Waals surface area contributed by atoms with Crippen LogP contribution in [-0.4, -0.2) is 34.4 Å². The van der Waals surface area contributed by atoms with E-state index in [1.807, 2.05) is 0 Å². The summed E-state index contributed by atoms with van der Waals surface area (Å²) in [7, 11) is 3.56. The van der Waals surface area contributed by atoms with Crippen molar-refractivity contribution in [3.05, 3.63) is 5.82 Å². The van der Waals surface area contributed by atoms with Gasteiger partial charge in [-0.3, -0.25) is 9.36 Å². The topological polar surface area (TPSA) is 69.0 Å². The zero-order chi connectivity index (χ0) is 11.4. The van der Waals surface area contributed by atoms with Gasteiger partial charge in [0.15, 0.2) is 0 Å². The molecule has 1 aromatic heterocycles. The summed E-state index contributed by atoms with van der Waals surface area (Å²) in [5.41, 5.74) is 0. The zero-order valence-electron chi connectivity index (χ0n) is 9.44. The van der Waals surface area contributed by atoms with E-state index >= 15 is 0 Å². The number of esters is 1. The summed E-state index contributed by atoms with van der Waals surface area (Å²) in [6.07, 6.45) is 0. The SMILES string of the molecule is CCOC(=O)C(C)c1nnc(NC)n1C. The van der Waals surface area contributed by atoms with Gasteiger partial charge in [-0.2, -0.15) is 0 Å². The molecule has 84 valence electrons. The molecule has 0 aromatic carbocycles. The van der Waals surface area contributed by atoms with E-state index in [1.54, 1.807) is 32.5 Å². The fraction of sp³-hybridized carbons (Fsp3) is 0.667. The van der Waals surface area contributed by atoms with Crippen molar-refractivity contribution in [3.8, 4) is 0 Å². The molecule has 6 heteroatoms. The maximum absolute atomic E-state index is 11.5. The zero-order valence-corrected chi connectivity index (χ0v) is 9.44. The van der Waals surface area contributed by atoms with Crippen molar-refractivity contribution in [1.82, 2.24) is 14.8 Å². The van der Waals surface area contributed by atoms with Crippen LogP contribution in [-0.2, 0) is 16.6 Å². The van der Waals surface area contributed by atoms with Crippen molar-refractivity contribution in [2.24, 2.45) is 7.05 Å². The second-order valence-electron chi connectivity index (χ2n) is 3.16. The van der Waals surface area contributed by atoms with E-state index in [2.05, 4.69) is 15.5 Å². The van der Waals surface area contributed by atoms with E-state index in [-0.39, 0.29) is 5.97 Å². The van der Waals surface area contributed by atoms with Crippen LogP contribution in [0.3, 0.4) is 0 Å². The van der Waals surface area contributed by atoms with E-state index < -0.39 is 5.92 Å². The molecule has 6 nitrogen and oxygen atoms in total. The Hall–Kier alpha value is -1.59. The lowest BCUT2D eigenvalue weighted by molar-refractivity contribution is -0.144. The predicted molar refractivity (Wildman–Crippen MR) is 55.6 cm³/mol. The predicted octanol–water partition coefficient (Wildman–Crippen LogP) is 0.523. The Balaban J connectivity index is 2.86. The van der Waals surface area contributed by atoms with Crippen molar-refractivity contribution in [1.29, 1.82) is 0 Å². The molecular weight excluding hydrogens is 196 g/mol. The minimum absolute atomic E-state index is 0.282. The van der Waals surface area contributed by atoms with Gasteiger partial charge in [0, 0.05) is 14.1 Å². The quantitative estimate of drug-likeness (QED) is 0.737. The van der Waals surface area contributed by atoms with Crippen LogP contribution in [0, 0.1) is 0 Å². The van der Waals surface area contributed by atoms with E-state index in [0.717, 1.165) is 0 Å². The number of ether oxygens (including phenoxy) is 1. The van der Waals surface area contributed by atoms with Crippen LogP contribution in [0.15, 0.2) is 0 Å². The fourth-order valence-corrected chi connectivity index (χ4v) is 1.31. The molecule has 0 aliphatic rings. The minimum atomic E-state index is -0.399. The molecule has 0 fully saturated rings. The Kier molecular flexibility index (Phi) is 3.65. The van der Waals surface area contributed by atoms with Crippen LogP contribution in [0.25, 0.3) is 0 Å². The molecule has 1 atom stereocenters. The van der Waals surface area contributed by atoms with Gasteiger partial charge in [-0.05, 0) is 13.8 Å². The van der Waals surface area contributed by atoms with Gasteiger partial charge < -0.3 is 10.1 Å². The number of rotatable bonds is 4. The van der Waals surface area contributed by atoms with Gasteiger partial charge in [0.25, 0.3) is 0 Å². The highest BCUT2D eigenvalue weighted by molar-refractivity contribution is 5.76. The van der Waals surface area contributed by atoms with Crippen LogP contribution in [0.1, 0.15) is 25.6 Å². The van der Waals surface area contributed by atoms with Gasteiger partial charge >= 0.3 is 5.97 Å². The smallest absolute Gasteiger partial charge is 0.316 e. The van der Waals surface area contributed by atoms with Gasteiger partial charge in [-0.15, -0.1) is 10.2 Å². The third kappa shape index (κ3) is 2.26. The summed E-state index contributed by atoms with van der Waals surface area (Å²) >= 11 is 0. The number of carbonyl (C=O) groups is 1. The molecule has 0 amide bonds. The highest BCUT2D eigenvalue weighted by atomic mass is 16.5. The number of carbonyl (C=O) groups excluding carboxylic acids is 1. The molecule has 0 saturated heterocycles. The van der Waals surface area contributed by atoms with Crippen molar-refractivity contribution in [2.75, 3.05) is 19.0 Å². The first-order chi connectivity index (χ1) is 7.11. The molecule has 1 aromatic rings. The maximum Gasteiger partial charge on any atom is 0.316 e. The Labute approximate surface area is 88.6 Å². The lowest BCUT2D eigenvalue weighted by Crippen LogP contribution is -2.17. The van der Waals surface area contributed by atoms with E-state index in [0.29, 0.717) is 18.4 Å². The van der Waals surface area contributed by atoms with Crippen molar-refractivity contribution >= 4 is 11.9 Å². The average Bonchev–Trinajstić information content (AvgIpc) is 2.59. The third-order valence-corrected chi connectivity index (χ3v) is 2.16. The van der Waals surface area contributed by atoms with Gasteiger partial charge in [0.05, 0.1) is 6.61 Å². The van der Waals surface area contributed by atoms with E-state index in [4.69, 9.17) is 4.74 Å². The van der Waals surface area contributed by atoms with Crippen molar-refractivity contribution in [2.45, 2.75) is 19.8 Å². The Bertz CT molecular complexity index is 348. The standard InChI is InChI=1S/C9H16N4O2/c1-5-15-8(14)6(2)7-11-12-9(10-3)13(7)4/h6H,5H2,1-4H3,(H,10,12). The van der Waals surface area contributed by atoms with Crippen molar-refractivity contribution in [3.63, 3.8) is 0 Å². The number of nitrogens with zero attached hydrogens (tertiary/aromatic N) is 3. The molecule has 0 saturated carbocycles. The van der Waals surface area contributed by atoms with E-state index in [9.17, 15) is 4.79 Å². The molecule has 1 N–H and O–H groups in total. The first-order valence-corrected chi connectivity index (χ1v) is 4.85. The van der Waals surface area contributed by atoms with E-state index in [1.165, 1.54) is 0 Å². The van der Waals surface area contributed by atoms with Gasteiger partial charge in [0.1, 0.15) is 11.7 Å². The van der Waals surface area contributed by atoms with Crippen LogP contribution in [0.5, 0.6) is 0 Å². The summed E-state index contributed by atoms with van der Waals surface area (Å²) in [5, 5.41) is 10.7. The Morgan fingerprint density at radius 2 is 2.27 bits per heavy atom. The van der Waals surface area contributed by atoms with Gasteiger partial charge in [0.2, 0.25) is 5.95 Å². The lowest BCUT2D eigenvalue weighted by Gasteiger charge is -2.09. The first-order valence-electron chi connectivity index (χ1n) is 4.85. The fourth-order valence-electron chi connectivity index (χ4n) is 1.31. The third-order valence-electron chi connectivity index (χ3n) is 2.16. The largest absolute Gasteiger partial charge is 0.465 e. The maximum atomic E-state index is 11.5. The summed E-state index contributed by atoms with van der Waals surface area (Å²) in [6, 6.07) is 0. The Morgan fingerprint density at radius 3 is 2.73 bits per heavy atom. The second-order valence-corrected chi connectivity index (χ2v) is 3.16. The molecule has 0 aliphatic carbocycles. The van der Waals surface area contributed by atoms with Crippen LogP contribution < -0.4 is 5.32 Å². The highest BCUT2D eigenvalue weighted by Gasteiger charge is 2.22. The molecule has 0 bridgehead atoms. The van der Waals surface area contributed by atoms with Crippen LogP contribution >= 0.6 is 0 Å². The molecule has 1 rings (SSSR count). The summed E-state index contributed by atoms with van der Waals surface area (Å²) < 4.78 is 6.65. The summed E-state index contributed by atoms with van der Waals surface area (Å²) in [4.78, 5) is 11.5. The second kappa shape index (κ2) is 4.77. The summed E-state index contributed by atoms with van der Waals surface area (Å²) in [6.45, 7) is 3.90. The molecule has 1 unspecified atom stereocenters. The molecular formula is C9H16N4O2. The van der Waals surface area contributed by atoms with Crippen LogP contribution in [0.2, 0.25) is 0 Å². The number of hydrogen-bond donors (Lipinski definition) is 1. The van der Waals surface area contributed by atoms with Crippen molar-refractivity contribution < 1.29 is 9.53 Å². The number of aromatic nitrogens is 3. The molecule has 15 heavy (non-hydrogen) atoms. The minimum Gasteiger partial charge on any atom is -0.465 e. The molecule has 0 spiro atoms. The Morgan fingerprint density at radius 1 is 1.60 bits per heavy atom. The summed E-state index contributed by atoms with van der Waals surface area (Å²) in [5.74, 6) is 0.541. The first kappa shape index (κ1) is 11.5. The van der Waals surface area contributed by atoms with Crippen LogP contribution in [0.4, 0.5) is 5.95 Å². The molecule has 1 heterocycles. The number of anilines is 1. The van der Waals surface area contributed by atoms with Gasteiger partial charge in [-0.25, -0.2) is 0 Å².